The van der Waals surface area contributed by atoms with E-state index in [0.717, 1.165) is 22.4 Å². The van der Waals surface area contributed by atoms with E-state index < -0.39 is 0 Å². The summed E-state index contributed by atoms with van der Waals surface area (Å²) in [6, 6.07) is 9.97. The Morgan fingerprint density at radius 1 is 1.04 bits per heavy atom. The van der Waals surface area contributed by atoms with E-state index in [1.54, 1.807) is 13.4 Å². The van der Waals surface area contributed by atoms with Gasteiger partial charge in [-0.2, -0.15) is 0 Å². The Bertz CT molecular complexity index is 887. The fourth-order valence-electron chi connectivity index (χ4n) is 2.30. The fraction of sp³-hybridized carbons (Fsp3) is 0.176. The second-order valence-electron chi connectivity index (χ2n) is 4.93. The number of nitrogens with one attached hydrogen (secondary N) is 1. The second kappa shape index (κ2) is 7.68. The third kappa shape index (κ3) is 3.66. The zero-order valence-corrected chi connectivity index (χ0v) is 17.5. The summed E-state index contributed by atoms with van der Waals surface area (Å²) in [5, 5.41) is 4.25. The summed E-state index contributed by atoms with van der Waals surface area (Å²) in [4.78, 5) is 8.72. The lowest BCUT2D eigenvalue weighted by molar-refractivity contribution is 0.311. The summed E-state index contributed by atoms with van der Waals surface area (Å²) >= 11 is 4.64. The van der Waals surface area contributed by atoms with Crippen molar-refractivity contribution in [3.63, 3.8) is 0 Å². The Morgan fingerprint density at radius 2 is 1.88 bits per heavy atom. The van der Waals surface area contributed by atoms with Gasteiger partial charge in [-0.3, -0.25) is 0 Å². The largest absolute Gasteiger partial charge is 0.493 e. The second-order valence-corrected chi connectivity index (χ2v) is 7.25. The van der Waals surface area contributed by atoms with Crippen molar-refractivity contribution in [1.29, 1.82) is 0 Å². The Hall–Kier alpha value is -1.36. The maximum absolute atomic E-state index is 5.67. The smallest absolute Gasteiger partial charge is 0.162 e. The van der Waals surface area contributed by atoms with Crippen LogP contribution < -0.4 is 14.8 Å². The molecule has 0 aliphatic rings. The summed E-state index contributed by atoms with van der Waals surface area (Å²) < 4.78 is 13.5. The highest BCUT2D eigenvalue weighted by atomic mass is 127. The van der Waals surface area contributed by atoms with Crippen LogP contribution in [0.2, 0.25) is 0 Å². The molecular weight excluding hydrogens is 532 g/mol. The third-order valence-corrected chi connectivity index (χ3v) is 6.27. The number of nitrogens with zero attached hydrogens (tertiary/aromatic N) is 2. The molecule has 3 rings (SSSR count). The molecular formula is C17H15I2N3O2. The number of anilines is 2. The molecule has 0 unspecified atom stereocenters. The van der Waals surface area contributed by atoms with E-state index >= 15 is 0 Å². The van der Waals surface area contributed by atoms with Crippen LogP contribution in [-0.4, -0.2) is 23.7 Å². The highest BCUT2D eigenvalue weighted by Crippen LogP contribution is 2.34. The van der Waals surface area contributed by atoms with Crippen molar-refractivity contribution in [3.05, 3.63) is 43.8 Å². The van der Waals surface area contributed by atoms with Crippen molar-refractivity contribution in [3.8, 4) is 11.5 Å². The Morgan fingerprint density at radius 3 is 2.58 bits per heavy atom. The minimum absolute atomic E-state index is 0.563. The van der Waals surface area contributed by atoms with Crippen LogP contribution in [0.5, 0.6) is 11.5 Å². The van der Waals surface area contributed by atoms with E-state index in [1.807, 2.05) is 25.1 Å². The predicted octanol–water partition coefficient (Wildman–Crippen LogP) is 4.99. The molecule has 0 saturated carbocycles. The molecule has 124 valence electrons. The number of fused-ring (bicyclic) bond motifs is 1. The number of halogens is 2. The van der Waals surface area contributed by atoms with Gasteiger partial charge in [0, 0.05) is 24.3 Å². The summed E-state index contributed by atoms with van der Waals surface area (Å²) in [6.45, 7) is 2.51. The maximum atomic E-state index is 5.67. The van der Waals surface area contributed by atoms with Gasteiger partial charge < -0.3 is 14.8 Å². The van der Waals surface area contributed by atoms with Gasteiger partial charge in [0.25, 0.3) is 0 Å². The number of hydrogen-bond donors (Lipinski definition) is 1. The van der Waals surface area contributed by atoms with Crippen molar-refractivity contribution < 1.29 is 9.47 Å². The van der Waals surface area contributed by atoms with E-state index in [0.29, 0.717) is 18.1 Å². The Labute approximate surface area is 167 Å². The van der Waals surface area contributed by atoms with Crippen molar-refractivity contribution in [1.82, 2.24) is 9.97 Å². The molecule has 0 atom stereocenters. The lowest BCUT2D eigenvalue weighted by atomic mass is 10.2. The van der Waals surface area contributed by atoms with Crippen LogP contribution in [0.25, 0.3) is 10.9 Å². The molecule has 1 N–H and O–H groups in total. The zero-order chi connectivity index (χ0) is 17.1. The number of benzene rings is 2. The molecule has 2 aromatic carbocycles. The van der Waals surface area contributed by atoms with Crippen molar-refractivity contribution in [2.75, 3.05) is 19.0 Å². The predicted molar refractivity (Wildman–Crippen MR) is 112 cm³/mol. The topological polar surface area (TPSA) is 56.3 Å². The number of rotatable bonds is 5. The minimum Gasteiger partial charge on any atom is -0.493 e. The SMILES string of the molecule is CCOc1cc2c(Nc3ccc(I)c(I)c3)ncnc2cc1OC. The number of hydrogen-bond acceptors (Lipinski definition) is 5. The van der Waals surface area contributed by atoms with E-state index in [2.05, 4.69) is 72.6 Å². The third-order valence-electron chi connectivity index (χ3n) is 3.40. The van der Waals surface area contributed by atoms with E-state index in [4.69, 9.17) is 9.47 Å². The van der Waals surface area contributed by atoms with Gasteiger partial charge in [-0.15, -0.1) is 0 Å². The molecule has 0 bridgehead atoms. The lowest BCUT2D eigenvalue weighted by Crippen LogP contribution is -1.99. The van der Waals surface area contributed by atoms with Crippen LogP contribution in [0.4, 0.5) is 11.5 Å². The van der Waals surface area contributed by atoms with Gasteiger partial charge in [-0.05, 0) is 76.4 Å². The average Bonchev–Trinajstić information content (AvgIpc) is 2.58. The summed E-state index contributed by atoms with van der Waals surface area (Å²) in [5.74, 6) is 2.08. The number of ether oxygens (including phenoxy) is 2. The van der Waals surface area contributed by atoms with Crippen LogP contribution in [0.1, 0.15) is 6.92 Å². The molecule has 0 aliphatic carbocycles. The molecule has 5 nitrogen and oxygen atoms in total. The molecule has 0 spiro atoms. The normalized spacial score (nSPS) is 10.7. The first-order valence-electron chi connectivity index (χ1n) is 7.30. The lowest BCUT2D eigenvalue weighted by Gasteiger charge is -2.13. The first-order chi connectivity index (χ1) is 11.6. The van der Waals surface area contributed by atoms with E-state index in [-0.39, 0.29) is 0 Å². The van der Waals surface area contributed by atoms with Crippen LogP contribution in [0, 0.1) is 7.14 Å². The Balaban J connectivity index is 2.06. The highest BCUT2D eigenvalue weighted by molar-refractivity contribution is 14.1. The van der Waals surface area contributed by atoms with Gasteiger partial charge in [0.05, 0.1) is 19.2 Å². The first kappa shape index (κ1) is 17.5. The minimum atomic E-state index is 0.563. The van der Waals surface area contributed by atoms with E-state index in [9.17, 15) is 0 Å². The van der Waals surface area contributed by atoms with Crippen LogP contribution in [0.15, 0.2) is 36.7 Å². The number of aromatic nitrogens is 2. The molecule has 0 radical (unpaired) electrons. The molecule has 3 aromatic rings. The molecule has 0 saturated heterocycles. The van der Waals surface area contributed by atoms with E-state index in [1.165, 1.54) is 7.14 Å². The summed E-state index contributed by atoms with van der Waals surface area (Å²) in [7, 11) is 1.62. The van der Waals surface area contributed by atoms with Gasteiger partial charge in [-0.1, -0.05) is 0 Å². The van der Waals surface area contributed by atoms with Gasteiger partial charge in [-0.25, -0.2) is 9.97 Å². The summed E-state index contributed by atoms with van der Waals surface area (Å²) in [6.07, 6.45) is 1.54. The van der Waals surface area contributed by atoms with Crippen molar-refractivity contribution in [2.24, 2.45) is 0 Å². The standard InChI is InChI=1S/C17H15I2N3O2/c1-3-24-16-7-11-14(8-15(16)23-2)20-9-21-17(11)22-10-4-5-12(18)13(19)6-10/h4-9H,3H2,1-2H3,(H,20,21,22). The summed E-state index contributed by atoms with van der Waals surface area (Å²) in [5.41, 5.74) is 1.78. The van der Waals surface area contributed by atoms with Gasteiger partial charge in [0.1, 0.15) is 12.1 Å². The van der Waals surface area contributed by atoms with Crippen LogP contribution in [-0.2, 0) is 0 Å². The Kier molecular flexibility index (Phi) is 5.59. The fourth-order valence-corrected chi connectivity index (χ4v) is 3.15. The van der Waals surface area contributed by atoms with Crippen molar-refractivity contribution >= 4 is 67.6 Å². The van der Waals surface area contributed by atoms with Crippen LogP contribution in [0.3, 0.4) is 0 Å². The van der Waals surface area contributed by atoms with Gasteiger partial charge in [0.15, 0.2) is 11.5 Å². The molecule has 1 heterocycles. The van der Waals surface area contributed by atoms with Crippen LogP contribution >= 0.6 is 45.2 Å². The van der Waals surface area contributed by atoms with Gasteiger partial charge >= 0.3 is 0 Å². The maximum Gasteiger partial charge on any atom is 0.162 e. The zero-order valence-electron chi connectivity index (χ0n) is 13.1. The molecule has 24 heavy (non-hydrogen) atoms. The molecule has 1 aromatic heterocycles. The molecule has 7 heteroatoms. The number of methoxy groups -OCH3 is 1. The first-order valence-corrected chi connectivity index (χ1v) is 9.45. The average molecular weight is 547 g/mol. The monoisotopic (exact) mass is 547 g/mol. The van der Waals surface area contributed by atoms with Crippen molar-refractivity contribution in [2.45, 2.75) is 6.92 Å². The molecule has 0 aliphatic heterocycles. The quantitative estimate of drug-likeness (QED) is 0.457. The van der Waals surface area contributed by atoms with Gasteiger partial charge in [0.2, 0.25) is 0 Å². The molecule has 0 amide bonds. The highest BCUT2D eigenvalue weighted by Gasteiger charge is 2.12. The molecule has 0 fully saturated rings.